The summed E-state index contributed by atoms with van der Waals surface area (Å²) in [6, 6.07) is 10.8. The van der Waals surface area contributed by atoms with Gasteiger partial charge in [0.25, 0.3) is 11.8 Å². The summed E-state index contributed by atoms with van der Waals surface area (Å²) in [7, 11) is 1.60. The van der Waals surface area contributed by atoms with E-state index in [1.807, 2.05) is 24.3 Å². The van der Waals surface area contributed by atoms with Gasteiger partial charge >= 0.3 is 0 Å². The molecule has 1 N–H and O–H groups in total. The van der Waals surface area contributed by atoms with Crippen molar-refractivity contribution in [1.82, 2.24) is 24.8 Å². The van der Waals surface area contributed by atoms with E-state index in [0.717, 1.165) is 17.0 Å². The number of amides is 1. The summed E-state index contributed by atoms with van der Waals surface area (Å²) in [5, 5.41) is 6.67. The number of aromatic nitrogens is 4. The van der Waals surface area contributed by atoms with Crippen molar-refractivity contribution in [2.75, 3.05) is 7.11 Å². The van der Waals surface area contributed by atoms with E-state index in [0.29, 0.717) is 17.3 Å². The molecule has 0 aliphatic rings. The van der Waals surface area contributed by atoms with Crippen LogP contribution in [-0.2, 0) is 6.54 Å². The van der Waals surface area contributed by atoms with Crippen LogP contribution in [0.15, 0.2) is 59.5 Å². The molecule has 1 amide bonds. The second-order valence-electron chi connectivity index (χ2n) is 5.54. The van der Waals surface area contributed by atoms with Gasteiger partial charge in [-0.2, -0.15) is 4.98 Å². The maximum absolute atomic E-state index is 12.3. The van der Waals surface area contributed by atoms with Crippen molar-refractivity contribution >= 4 is 11.6 Å². The largest absolute Gasteiger partial charge is 0.497 e. The van der Waals surface area contributed by atoms with E-state index in [4.69, 9.17) is 9.26 Å². The van der Waals surface area contributed by atoms with Gasteiger partial charge in [-0.3, -0.25) is 4.79 Å². The van der Waals surface area contributed by atoms with Crippen LogP contribution in [0, 0.1) is 0 Å². The predicted molar refractivity (Wildman–Crippen MR) is 92.6 cm³/mol. The number of imidazole rings is 1. The molecule has 0 saturated heterocycles. The molecule has 4 aromatic rings. The molecule has 4 rings (SSSR count). The first-order chi connectivity index (χ1) is 12.7. The molecule has 8 nitrogen and oxygen atoms in total. The van der Waals surface area contributed by atoms with E-state index in [1.54, 1.807) is 42.2 Å². The van der Waals surface area contributed by atoms with Crippen LogP contribution in [0.4, 0.5) is 0 Å². The molecule has 1 aromatic carbocycles. The lowest BCUT2D eigenvalue weighted by atomic mass is 10.2. The van der Waals surface area contributed by atoms with Crippen LogP contribution in [0.3, 0.4) is 0 Å². The number of hydrogen-bond donors (Lipinski definition) is 1. The van der Waals surface area contributed by atoms with Gasteiger partial charge in [0.2, 0.25) is 0 Å². The second kappa shape index (κ2) is 6.67. The summed E-state index contributed by atoms with van der Waals surface area (Å²) in [5.74, 6) is 1.30. The molecule has 0 aliphatic heterocycles. The Bertz CT molecular complexity index is 1050. The lowest BCUT2D eigenvalue weighted by molar-refractivity contribution is 0.0949. The molecule has 26 heavy (non-hydrogen) atoms. The quantitative estimate of drug-likeness (QED) is 0.594. The van der Waals surface area contributed by atoms with Gasteiger partial charge in [-0.25, -0.2) is 4.98 Å². The van der Waals surface area contributed by atoms with Crippen molar-refractivity contribution in [3.63, 3.8) is 0 Å². The van der Waals surface area contributed by atoms with Crippen molar-refractivity contribution < 1.29 is 14.1 Å². The third-order valence-electron chi connectivity index (χ3n) is 3.86. The third-order valence-corrected chi connectivity index (χ3v) is 3.86. The highest BCUT2D eigenvalue weighted by Crippen LogP contribution is 2.20. The van der Waals surface area contributed by atoms with Gasteiger partial charge in [0.05, 0.1) is 19.2 Å². The Morgan fingerprint density at radius 1 is 1.23 bits per heavy atom. The number of pyridine rings is 1. The number of benzene rings is 1. The summed E-state index contributed by atoms with van der Waals surface area (Å²) >= 11 is 0. The van der Waals surface area contributed by atoms with E-state index in [1.165, 1.54) is 0 Å². The second-order valence-corrected chi connectivity index (χ2v) is 5.54. The highest BCUT2D eigenvalue weighted by Gasteiger charge is 2.11. The number of hydrogen-bond acceptors (Lipinski definition) is 6. The lowest BCUT2D eigenvalue weighted by Crippen LogP contribution is -2.23. The highest BCUT2D eigenvalue weighted by molar-refractivity contribution is 5.94. The minimum atomic E-state index is -0.226. The molecule has 0 fully saturated rings. The van der Waals surface area contributed by atoms with E-state index in [-0.39, 0.29) is 12.5 Å². The van der Waals surface area contributed by atoms with Gasteiger partial charge in [0.1, 0.15) is 11.4 Å². The zero-order valence-corrected chi connectivity index (χ0v) is 13.9. The van der Waals surface area contributed by atoms with Crippen LogP contribution in [0.25, 0.3) is 17.1 Å². The number of carbonyl (C=O) groups excluding carboxylic acids is 1. The first-order valence-electron chi connectivity index (χ1n) is 7.91. The molecule has 0 bridgehead atoms. The van der Waals surface area contributed by atoms with E-state index in [2.05, 4.69) is 20.4 Å². The lowest BCUT2D eigenvalue weighted by Gasteiger charge is -2.03. The fourth-order valence-electron chi connectivity index (χ4n) is 2.49. The van der Waals surface area contributed by atoms with Crippen LogP contribution in [0.1, 0.15) is 16.2 Å². The highest BCUT2D eigenvalue weighted by atomic mass is 16.5. The number of nitrogens with one attached hydrogen (secondary N) is 1. The molecule has 3 aromatic heterocycles. The first-order valence-corrected chi connectivity index (χ1v) is 7.91. The van der Waals surface area contributed by atoms with Gasteiger partial charge in [0.15, 0.2) is 5.82 Å². The molecule has 130 valence electrons. The zero-order chi connectivity index (χ0) is 17.9. The van der Waals surface area contributed by atoms with Crippen LogP contribution in [0.5, 0.6) is 5.75 Å². The van der Waals surface area contributed by atoms with Crippen LogP contribution < -0.4 is 10.1 Å². The topological polar surface area (TPSA) is 94.5 Å². The Kier molecular flexibility index (Phi) is 4.06. The molecule has 0 unspecified atom stereocenters. The van der Waals surface area contributed by atoms with Gasteiger partial charge in [-0.05, 0) is 36.4 Å². The maximum atomic E-state index is 12.3. The van der Waals surface area contributed by atoms with Crippen LogP contribution >= 0.6 is 0 Å². The average molecular weight is 349 g/mol. The monoisotopic (exact) mass is 349 g/mol. The molecule has 0 atom stereocenters. The first kappa shape index (κ1) is 15.8. The Balaban J connectivity index is 1.42. The standard InChI is InChI=1S/C18H15N5O3/c1-25-14-5-2-12(3-6-14)18-21-15(22-26-18)10-20-17(24)13-4-7-16-19-8-9-23(16)11-13/h2-9,11H,10H2,1H3,(H,20,24). The van der Waals surface area contributed by atoms with Gasteiger partial charge < -0.3 is 19.0 Å². The smallest absolute Gasteiger partial charge is 0.257 e. The Morgan fingerprint density at radius 3 is 2.88 bits per heavy atom. The molecule has 0 spiro atoms. The Morgan fingerprint density at radius 2 is 2.08 bits per heavy atom. The number of ether oxygens (including phenoxy) is 1. The van der Waals surface area contributed by atoms with Crippen LogP contribution in [-0.4, -0.2) is 32.5 Å². The third kappa shape index (κ3) is 3.12. The number of rotatable bonds is 5. The molecular formula is C18H15N5O3. The normalized spacial score (nSPS) is 10.8. The van der Waals surface area contributed by atoms with E-state index < -0.39 is 0 Å². The summed E-state index contributed by atoms with van der Waals surface area (Å²) in [4.78, 5) is 20.7. The predicted octanol–water partition coefficient (Wildman–Crippen LogP) is 2.32. The Hall–Kier alpha value is -3.68. The number of nitrogens with zero attached hydrogens (tertiary/aromatic N) is 4. The maximum Gasteiger partial charge on any atom is 0.257 e. The average Bonchev–Trinajstić information content (AvgIpc) is 3.35. The van der Waals surface area contributed by atoms with Gasteiger partial charge in [0, 0.05) is 24.2 Å². The van der Waals surface area contributed by atoms with Gasteiger partial charge in [-0.15, -0.1) is 0 Å². The molecule has 8 heteroatoms. The van der Waals surface area contributed by atoms with E-state index >= 15 is 0 Å². The fraction of sp³-hybridized carbons (Fsp3) is 0.111. The number of methoxy groups -OCH3 is 1. The zero-order valence-electron chi connectivity index (χ0n) is 13.9. The minimum absolute atomic E-state index is 0.167. The molecule has 3 heterocycles. The molecular weight excluding hydrogens is 334 g/mol. The number of fused-ring (bicyclic) bond motifs is 1. The summed E-state index contributed by atoms with van der Waals surface area (Å²) in [6.45, 7) is 0.167. The summed E-state index contributed by atoms with van der Waals surface area (Å²) in [5.41, 5.74) is 2.08. The molecule has 0 saturated carbocycles. The Labute approximate surface area is 148 Å². The van der Waals surface area contributed by atoms with Gasteiger partial charge in [-0.1, -0.05) is 5.16 Å². The molecule has 0 radical (unpaired) electrons. The van der Waals surface area contributed by atoms with Crippen molar-refractivity contribution in [3.8, 4) is 17.2 Å². The van der Waals surface area contributed by atoms with Crippen molar-refractivity contribution in [2.45, 2.75) is 6.54 Å². The fourth-order valence-corrected chi connectivity index (χ4v) is 2.49. The summed E-state index contributed by atoms with van der Waals surface area (Å²) in [6.07, 6.45) is 5.18. The van der Waals surface area contributed by atoms with Crippen molar-refractivity contribution in [1.29, 1.82) is 0 Å². The van der Waals surface area contributed by atoms with E-state index in [9.17, 15) is 4.79 Å². The van der Waals surface area contributed by atoms with Crippen molar-refractivity contribution in [3.05, 3.63) is 66.4 Å². The van der Waals surface area contributed by atoms with Crippen LogP contribution in [0.2, 0.25) is 0 Å². The SMILES string of the molecule is COc1ccc(-c2nc(CNC(=O)c3ccc4nccn4c3)no2)cc1. The number of carbonyl (C=O) groups is 1. The molecule has 0 aliphatic carbocycles. The minimum Gasteiger partial charge on any atom is -0.497 e. The summed E-state index contributed by atoms with van der Waals surface area (Å²) < 4.78 is 12.1. The van der Waals surface area contributed by atoms with Crippen molar-refractivity contribution in [2.24, 2.45) is 0 Å².